The molecule has 0 atom stereocenters. The second-order valence-corrected chi connectivity index (χ2v) is 7.77. The Morgan fingerprint density at radius 2 is 1.88 bits per heavy atom. The highest BCUT2D eigenvalue weighted by molar-refractivity contribution is 6.01. The van der Waals surface area contributed by atoms with Gasteiger partial charge in [-0.15, -0.1) is 5.10 Å². The molecule has 164 valence electrons. The molecule has 2 heterocycles. The molecule has 0 aliphatic rings. The SMILES string of the molecule is Cc1cccc(Cn2cnc(NC(=O)c3ccc(COc4ccc5ccccc5c4)o3)n2)c1. The number of benzene rings is 3. The molecule has 1 amide bonds. The van der Waals surface area contributed by atoms with Gasteiger partial charge in [0.2, 0.25) is 5.95 Å². The minimum atomic E-state index is -0.416. The van der Waals surface area contributed by atoms with E-state index in [0.29, 0.717) is 12.3 Å². The minimum Gasteiger partial charge on any atom is -0.486 e. The molecule has 5 rings (SSSR count). The van der Waals surface area contributed by atoms with Gasteiger partial charge in [-0.05, 0) is 47.5 Å². The van der Waals surface area contributed by atoms with E-state index in [0.717, 1.165) is 22.1 Å². The summed E-state index contributed by atoms with van der Waals surface area (Å²) in [6.07, 6.45) is 1.59. The third kappa shape index (κ3) is 4.93. The summed E-state index contributed by atoms with van der Waals surface area (Å²) < 4.78 is 13.1. The Labute approximate surface area is 190 Å². The van der Waals surface area contributed by atoms with Crippen LogP contribution in [0.5, 0.6) is 5.75 Å². The molecule has 7 nitrogen and oxygen atoms in total. The molecule has 0 fully saturated rings. The van der Waals surface area contributed by atoms with Crippen LogP contribution in [0.25, 0.3) is 10.8 Å². The third-order valence-electron chi connectivity index (χ3n) is 5.18. The van der Waals surface area contributed by atoms with Crippen molar-refractivity contribution < 1.29 is 13.9 Å². The number of ether oxygens (including phenoxy) is 1. The summed E-state index contributed by atoms with van der Waals surface area (Å²) in [5.41, 5.74) is 2.29. The van der Waals surface area contributed by atoms with Crippen molar-refractivity contribution >= 4 is 22.6 Å². The number of amides is 1. The van der Waals surface area contributed by atoms with Gasteiger partial charge in [-0.2, -0.15) is 0 Å². The average Bonchev–Trinajstić information content (AvgIpc) is 3.47. The van der Waals surface area contributed by atoms with Crippen molar-refractivity contribution in [3.05, 3.63) is 108 Å². The van der Waals surface area contributed by atoms with E-state index in [1.54, 1.807) is 23.1 Å². The largest absolute Gasteiger partial charge is 0.486 e. The first-order valence-corrected chi connectivity index (χ1v) is 10.6. The summed E-state index contributed by atoms with van der Waals surface area (Å²) in [5.74, 6) is 1.26. The Morgan fingerprint density at radius 1 is 1.00 bits per heavy atom. The molecule has 5 aromatic rings. The van der Waals surface area contributed by atoms with Crippen LogP contribution < -0.4 is 10.1 Å². The highest BCUT2D eigenvalue weighted by Gasteiger charge is 2.14. The van der Waals surface area contributed by atoms with Crippen molar-refractivity contribution in [1.82, 2.24) is 14.8 Å². The molecule has 0 aliphatic heterocycles. The minimum absolute atomic E-state index is 0.169. The van der Waals surface area contributed by atoms with Gasteiger partial charge in [0.25, 0.3) is 5.91 Å². The lowest BCUT2D eigenvalue weighted by Gasteiger charge is -2.05. The van der Waals surface area contributed by atoms with Crippen molar-refractivity contribution in [1.29, 1.82) is 0 Å². The van der Waals surface area contributed by atoms with Gasteiger partial charge in [-0.3, -0.25) is 10.1 Å². The van der Waals surface area contributed by atoms with Gasteiger partial charge in [0.1, 0.15) is 24.4 Å². The van der Waals surface area contributed by atoms with Crippen LogP contribution >= 0.6 is 0 Å². The Balaban J connectivity index is 1.18. The molecule has 0 saturated heterocycles. The summed E-state index contributed by atoms with van der Waals surface area (Å²) in [5, 5.41) is 9.23. The smallest absolute Gasteiger partial charge is 0.293 e. The number of carbonyl (C=O) groups is 1. The van der Waals surface area contributed by atoms with Crippen LogP contribution in [0.2, 0.25) is 0 Å². The molecule has 0 spiro atoms. The van der Waals surface area contributed by atoms with E-state index < -0.39 is 5.91 Å². The van der Waals surface area contributed by atoms with Gasteiger partial charge in [-0.25, -0.2) is 9.67 Å². The first-order chi connectivity index (χ1) is 16.1. The zero-order chi connectivity index (χ0) is 22.6. The number of nitrogens with one attached hydrogen (secondary N) is 1. The van der Waals surface area contributed by atoms with Gasteiger partial charge < -0.3 is 9.15 Å². The fraction of sp³-hybridized carbons (Fsp3) is 0.115. The molecule has 3 aromatic carbocycles. The summed E-state index contributed by atoms with van der Waals surface area (Å²) in [7, 11) is 0. The van der Waals surface area contributed by atoms with Gasteiger partial charge in [-0.1, -0.05) is 60.2 Å². The van der Waals surface area contributed by atoms with Gasteiger partial charge >= 0.3 is 0 Å². The molecule has 0 saturated carbocycles. The molecule has 0 unspecified atom stereocenters. The number of carbonyl (C=O) groups excluding carboxylic acids is 1. The zero-order valence-electron chi connectivity index (χ0n) is 18.1. The van der Waals surface area contributed by atoms with Crippen LogP contribution in [-0.2, 0) is 13.2 Å². The normalized spacial score (nSPS) is 10.9. The highest BCUT2D eigenvalue weighted by atomic mass is 16.5. The Kier molecular flexibility index (Phi) is 5.59. The fourth-order valence-corrected chi connectivity index (χ4v) is 3.58. The van der Waals surface area contributed by atoms with Crippen molar-refractivity contribution in [2.45, 2.75) is 20.1 Å². The van der Waals surface area contributed by atoms with Crippen molar-refractivity contribution in [3.63, 3.8) is 0 Å². The molecule has 0 radical (unpaired) electrons. The number of hydrogen-bond donors (Lipinski definition) is 1. The summed E-state index contributed by atoms with van der Waals surface area (Å²) in [4.78, 5) is 16.7. The fourth-order valence-electron chi connectivity index (χ4n) is 3.58. The molecule has 0 aliphatic carbocycles. The van der Waals surface area contributed by atoms with Gasteiger partial charge in [0, 0.05) is 0 Å². The first kappa shape index (κ1) is 20.5. The molecule has 0 bridgehead atoms. The number of aromatic nitrogens is 3. The Morgan fingerprint density at radius 3 is 2.76 bits per heavy atom. The van der Waals surface area contributed by atoms with Gasteiger partial charge in [0.05, 0.1) is 6.54 Å². The topological polar surface area (TPSA) is 82.2 Å². The van der Waals surface area contributed by atoms with E-state index in [2.05, 4.69) is 27.5 Å². The number of hydrogen-bond acceptors (Lipinski definition) is 5. The lowest BCUT2D eigenvalue weighted by atomic mass is 10.1. The average molecular weight is 438 g/mol. The van der Waals surface area contributed by atoms with Crippen molar-refractivity contribution in [3.8, 4) is 5.75 Å². The molecular formula is C26H22N4O3. The second-order valence-electron chi connectivity index (χ2n) is 7.77. The van der Waals surface area contributed by atoms with E-state index in [9.17, 15) is 4.79 Å². The highest BCUT2D eigenvalue weighted by Crippen LogP contribution is 2.22. The van der Waals surface area contributed by atoms with Crippen molar-refractivity contribution in [2.24, 2.45) is 0 Å². The second kappa shape index (κ2) is 9.00. The van der Waals surface area contributed by atoms with E-state index in [4.69, 9.17) is 9.15 Å². The van der Waals surface area contributed by atoms with Crippen LogP contribution in [0.1, 0.15) is 27.4 Å². The lowest BCUT2D eigenvalue weighted by Crippen LogP contribution is -2.12. The molecule has 33 heavy (non-hydrogen) atoms. The van der Waals surface area contributed by atoms with Crippen LogP contribution in [0, 0.1) is 6.92 Å². The molecular weight excluding hydrogens is 416 g/mol. The molecule has 7 heteroatoms. The van der Waals surface area contributed by atoms with E-state index in [-0.39, 0.29) is 18.3 Å². The number of anilines is 1. The Bertz CT molecular complexity index is 1420. The van der Waals surface area contributed by atoms with Crippen molar-refractivity contribution in [2.75, 3.05) is 5.32 Å². The maximum Gasteiger partial charge on any atom is 0.293 e. The standard InChI is InChI=1S/C26H22N4O3/c1-18-5-4-6-19(13-18)15-30-17-27-26(29-30)28-25(31)24-12-11-23(33-24)16-32-22-10-9-20-7-2-3-8-21(20)14-22/h2-14,17H,15-16H2,1H3,(H,28,29,31). The molecule has 2 aromatic heterocycles. The quantitative estimate of drug-likeness (QED) is 0.377. The number of fused-ring (bicyclic) bond motifs is 1. The van der Waals surface area contributed by atoms with Crippen LogP contribution in [0.4, 0.5) is 5.95 Å². The number of nitrogens with zero attached hydrogens (tertiary/aromatic N) is 3. The monoisotopic (exact) mass is 438 g/mol. The number of rotatable bonds is 7. The molecule has 1 N–H and O–H groups in total. The van der Waals surface area contributed by atoms with Crippen LogP contribution in [0.15, 0.2) is 89.6 Å². The maximum absolute atomic E-state index is 12.5. The lowest BCUT2D eigenvalue weighted by molar-refractivity contribution is 0.0991. The summed E-state index contributed by atoms with van der Waals surface area (Å²) in [6, 6.07) is 25.5. The summed E-state index contributed by atoms with van der Waals surface area (Å²) >= 11 is 0. The van der Waals surface area contributed by atoms with E-state index in [1.807, 2.05) is 61.5 Å². The number of furan rings is 1. The zero-order valence-corrected chi connectivity index (χ0v) is 18.1. The van der Waals surface area contributed by atoms with E-state index in [1.165, 1.54) is 5.56 Å². The maximum atomic E-state index is 12.5. The predicted octanol–water partition coefficient (Wildman–Crippen LogP) is 5.21. The Hall–Kier alpha value is -4.39. The van der Waals surface area contributed by atoms with Gasteiger partial charge in [0.15, 0.2) is 5.76 Å². The van der Waals surface area contributed by atoms with E-state index >= 15 is 0 Å². The predicted molar refractivity (Wildman–Crippen MR) is 125 cm³/mol. The number of aryl methyl sites for hydroxylation is 1. The third-order valence-corrected chi connectivity index (χ3v) is 5.18. The van der Waals surface area contributed by atoms with Crippen LogP contribution in [-0.4, -0.2) is 20.7 Å². The first-order valence-electron chi connectivity index (χ1n) is 10.6. The summed E-state index contributed by atoms with van der Waals surface area (Å²) in [6.45, 7) is 2.83. The van der Waals surface area contributed by atoms with Crippen LogP contribution in [0.3, 0.4) is 0 Å².